The van der Waals surface area contributed by atoms with Crippen molar-refractivity contribution in [1.29, 1.82) is 0 Å². The molecule has 0 aromatic heterocycles. The third-order valence-corrected chi connectivity index (χ3v) is 3.95. The molecule has 1 aliphatic heterocycles. The Kier molecular flexibility index (Phi) is 4.47. The van der Waals surface area contributed by atoms with Crippen molar-refractivity contribution in [2.24, 2.45) is 0 Å². The van der Waals surface area contributed by atoms with E-state index >= 15 is 0 Å². The van der Waals surface area contributed by atoms with Crippen LogP contribution < -0.4 is 11.1 Å². The smallest absolute Gasteiger partial charge is 0.261 e. The van der Waals surface area contributed by atoms with Gasteiger partial charge in [-0.1, -0.05) is 12.1 Å². The topological polar surface area (TPSA) is 92.5 Å². The van der Waals surface area contributed by atoms with Gasteiger partial charge >= 0.3 is 0 Å². The SMILES string of the molecule is Nc1ccc(NC(=O)CCCN2C(=O)c3ccccc3C2=O)cc1F. The van der Waals surface area contributed by atoms with Crippen LogP contribution in [0.1, 0.15) is 33.6 Å². The van der Waals surface area contributed by atoms with Gasteiger partial charge < -0.3 is 11.1 Å². The first kappa shape index (κ1) is 16.6. The number of benzene rings is 2. The van der Waals surface area contributed by atoms with E-state index in [-0.39, 0.29) is 36.4 Å². The molecule has 0 bridgehead atoms. The summed E-state index contributed by atoms with van der Waals surface area (Å²) in [7, 11) is 0. The minimum Gasteiger partial charge on any atom is -0.396 e. The van der Waals surface area contributed by atoms with Gasteiger partial charge in [-0.05, 0) is 36.8 Å². The number of hydrogen-bond acceptors (Lipinski definition) is 4. The first-order chi connectivity index (χ1) is 12.0. The largest absolute Gasteiger partial charge is 0.396 e. The minimum atomic E-state index is -0.608. The zero-order valence-corrected chi connectivity index (χ0v) is 13.3. The number of imide groups is 1. The molecule has 0 radical (unpaired) electrons. The average molecular weight is 341 g/mol. The van der Waals surface area contributed by atoms with Crippen molar-refractivity contribution in [3.05, 3.63) is 59.4 Å². The average Bonchev–Trinajstić information content (AvgIpc) is 2.83. The van der Waals surface area contributed by atoms with Crippen molar-refractivity contribution in [3.63, 3.8) is 0 Å². The molecule has 0 spiro atoms. The third kappa shape index (κ3) is 3.35. The Morgan fingerprint density at radius 2 is 1.72 bits per heavy atom. The maximum atomic E-state index is 13.3. The fraction of sp³-hybridized carbons (Fsp3) is 0.167. The lowest BCUT2D eigenvalue weighted by Gasteiger charge is -2.13. The van der Waals surface area contributed by atoms with Crippen molar-refractivity contribution in [2.75, 3.05) is 17.6 Å². The van der Waals surface area contributed by atoms with E-state index in [9.17, 15) is 18.8 Å². The van der Waals surface area contributed by atoms with Gasteiger partial charge in [-0.15, -0.1) is 0 Å². The van der Waals surface area contributed by atoms with Crippen molar-refractivity contribution in [1.82, 2.24) is 4.90 Å². The van der Waals surface area contributed by atoms with Gasteiger partial charge in [0.05, 0.1) is 16.8 Å². The Morgan fingerprint density at radius 1 is 1.08 bits per heavy atom. The molecule has 0 unspecified atom stereocenters. The highest BCUT2D eigenvalue weighted by Crippen LogP contribution is 2.22. The Morgan fingerprint density at radius 3 is 2.32 bits per heavy atom. The van der Waals surface area contributed by atoms with Crippen LogP contribution in [0.25, 0.3) is 0 Å². The van der Waals surface area contributed by atoms with E-state index in [2.05, 4.69) is 5.32 Å². The van der Waals surface area contributed by atoms with Crippen LogP contribution in [0.5, 0.6) is 0 Å². The second-order valence-corrected chi connectivity index (χ2v) is 5.70. The molecule has 0 atom stereocenters. The summed E-state index contributed by atoms with van der Waals surface area (Å²) in [5, 5.41) is 2.55. The highest BCUT2D eigenvalue weighted by molar-refractivity contribution is 6.21. The molecular formula is C18H16FN3O3. The monoisotopic (exact) mass is 341 g/mol. The Hall–Kier alpha value is -3.22. The van der Waals surface area contributed by atoms with Crippen molar-refractivity contribution in [3.8, 4) is 0 Å². The van der Waals surface area contributed by atoms with Crippen LogP contribution in [0.4, 0.5) is 15.8 Å². The van der Waals surface area contributed by atoms with E-state index in [0.29, 0.717) is 23.2 Å². The van der Waals surface area contributed by atoms with E-state index < -0.39 is 5.82 Å². The van der Waals surface area contributed by atoms with Gasteiger partial charge in [-0.2, -0.15) is 0 Å². The molecule has 0 aliphatic carbocycles. The summed E-state index contributed by atoms with van der Waals surface area (Å²) in [4.78, 5) is 37.4. The summed E-state index contributed by atoms with van der Waals surface area (Å²) in [5.41, 5.74) is 6.45. The zero-order chi connectivity index (χ0) is 18.0. The molecule has 2 aromatic rings. The molecule has 3 rings (SSSR count). The highest BCUT2D eigenvalue weighted by Gasteiger charge is 2.34. The maximum Gasteiger partial charge on any atom is 0.261 e. The Balaban J connectivity index is 1.53. The standard InChI is InChI=1S/C18H16FN3O3/c19-14-10-11(7-8-15(14)20)21-16(23)6-3-9-22-17(24)12-4-1-2-5-13(12)18(22)25/h1-2,4-5,7-8,10H,3,6,9,20H2,(H,21,23). The Labute approximate surface area is 143 Å². The van der Waals surface area contributed by atoms with Crippen LogP contribution in [0, 0.1) is 5.82 Å². The number of nitrogens with one attached hydrogen (secondary N) is 1. The summed E-state index contributed by atoms with van der Waals surface area (Å²) in [5.74, 6) is -1.63. The summed E-state index contributed by atoms with van der Waals surface area (Å²) >= 11 is 0. The normalized spacial score (nSPS) is 13.1. The second-order valence-electron chi connectivity index (χ2n) is 5.70. The van der Waals surface area contributed by atoms with Crippen LogP contribution in [0.15, 0.2) is 42.5 Å². The van der Waals surface area contributed by atoms with Gasteiger partial charge in [-0.25, -0.2) is 4.39 Å². The summed E-state index contributed by atoms with van der Waals surface area (Å²) < 4.78 is 13.3. The van der Waals surface area contributed by atoms with E-state index in [1.807, 2.05) is 0 Å². The number of nitrogens with zero attached hydrogens (tertiary/aromatic N) is 1. The number of carbonyl (C=O) groups excluding carboxylic acids is 3. The molecule has 0 saturated carbocycles. The van der Waals surface area contributed by atoms with Gasteiger partial charge in [0.15, 0.2) is 0 Å². The number of fused-ring (bicyclic) bond motifs is 1. The Bertz CT molecular complexity index is 831. The molecule has 25 heavy (non-hydrogen) atoms. The molecule has 128 valence electrons. The molecule has 3 amide bonds. The number of carbonyl (C=O) groups is 3. The number of nitrogens with two attached hydrogens (primary N) is 1. The molecule has 1 aliphatic rings. The number of rotatable bonds is 5. The minimum absolute atomic E-state index is 0.00335. The van der Waals surface area contributed by atoms with Gasteiger partial charge in [0, 0.05) is 18.7 Å². The summed E-state index contributed by atoms with van der Waals surface area (Å²) in [6, 6.07) is 10.6. The van der Waals surface area contributed by atoms with Crippen LogP contribution in [-0.4, -0.2) is 29.2 Å². The maximum absolute atomic E-state index is 13.3. The number of hydrogen-bond donors (Lipinski definition) is 2. The lowest BCUT2D eigenvalue weighted by atomic mass is 10.1. The molecule has 0 fully saturated rings. The lowest BCUT2D eigenvalue weighted by molar-refractivity contribution is -0.116. The number of halogens is 1. The predicted molar refractivity (Wildman–Crippen MR) is 90.5 cm³/mol. The van der Waals surface area contributed by atoms with Crippen LogP contribution in [-0.2, 0) is 4.79 Å². The fourth-order valence-corrected chi connectivity index (χ4v) is 2.67. The van der Waals surface area contributed by atoms with Crippen LogP contribution in [0.3, 0.4) is 0 Å². The highest BCUT2D eigenvalue weighted by atomic mass is 19.1. The summed E-state index contributed by atoms with van der Waals surface area (Å²) in [6.07, 6.45) is 0.411. The quantitative estimate of drug-likeness (QED) is 0.645. The van der Waals surface area contributed by atoms with Crippen LogP contribution >= 0.6 is 0 Å². The molecule has 3 N–H and O–H groups in total. The predicted octanol–water partition coefficient (Wildman–Crippen LogP) is 2.42. The lowest BCUT2D eigenvalue weighted by Crippen LogP contribution is -2.31. The van der Waals surface area contributed by atoms with Gasteiger partial charge in [0.25, 0.3) is 11.8 Å². The zero-order valence-electron chi connectivity index (χ0n) is 13.3. The van der Waals surface area contributed by atoms with E-state index in [1.165, 1.54) is 12.1 Å². The van der Waals surface area contributed by atoms with Gasteiger partial charge in [0.1, 0.15) is 5.82 Å². The number of nitrogen functional groups attached to an aromatic ring is 1. The molecule has 0 saturated heterocycles. The van der Waals surface area contributed by atoms with E-state index in [0.717, 1.165) is 11.0 Å². The van der Waals surface area contributed by atoms with E-state index in [4.69, 9.17) is 5.73 Å². The van der Waals surface area contributed by atoms with E-state index in [1.54, 1.807) is 24.3 Å². The molecule has 1 heterocycles. The number of amides is 3. The molecule has 7 heteroatoms. The first-order valence-corrected chi connectivity index (χ1v) is 7.77. The summed E-state index contributed by atoms with van der Waals surface area (Å²) in [6.45, 7) is 0.149. The molecular weight excluding hydrogens is 325 g/mol. The van der Waals surface area contributed by atoms with Crippen molar-refractivity contribution >= 4 is 29.1 Å². The molecule has 6 nitrogen and oxygen atoms in total. The van der Waals surface area contributed by atoms with Crippen molar-refractivity contribution < 1.29 is 18.8 Å². The van der Waals surface area contributed by atoms with Crippen molar-refractivity contribution in [2.45, 2.75) is 12.8 Å². The third-order valence-electron chi connectivity index (χ3n) is 3.95. The number of anilines is 2. The first-order valence-electron chi connectivity index (χ1n) is 7.77. The fourth-order valence-electron chi connectivity index (χ4n) is 2.67. The second kappa shape index (κ2) is 6.72. The van der Waals surface area contributed by atoms with Gasteiger partial charge in [-0.3, -0.25) is 19.3 Å². The molecule has 2 aromatic carbocycles. The van der Waals surface area contributed by atoms with Gasteiger partial charge in [0.2, 0.25) is 5.91 Å². The van der Waals surface area contributed by atoms with Crippen LogP contribution in [0.2, 0.25) is 0 Å².